The maximum absolute atomic E-state index is 2.73. The topological polar surface area (TPSA) is 0 Å². The zero-order valence-corrected chi connectivity index (χ0v) is 17.1. The number of hydrogen-bond donors (Lipinski definition) is 0. The van der Waals surface area contributed by atoms with Gasteiger partial charge in [-0.1, -0.05) is 13.3 Å². The second-order valence-corrected chi connectivity index (χ2v) is 24.5. The zero-order chi connectivity index (χ0) is 14.6. The molecule has 0 fully saturated rings. The summed E-state index contributed by atoms with van der Waals surface area (Å²) in [5.74, 6) is 0. The molecule has 0 aromatic carbocycles. The molecule has 0 aromatic rings. The first-order valence-corrected chi connectivity index (χ1v) is 15.1. The molecular formula is C17H38IP. The van der Waals surface area contributed by atoms with Crippen molar-refractivity contribution in [2.24, 2.45) is 0 Å². The molecule has 0 aliphatic heterocycles. The summed E-state index contributed by atoms with van der Waals surface area (Å²) < 4.78 is -1.24. The van der Waals surface area contributed by atoms with Crippen LogP contribution < -0.4 is 0 Å². The van der Waals surface area contributed by atoms with Gasteiger partial charge >= 0.3 is 123 Å². The van der Waals surface area contributed by atoms with Crippen molar-refractivity contribution < 1.29 is 0 Å². The summed E-state index contributed by atoms with van der Waals surface area (Å²) in [6.45, 7) is 9.77. The van der Waals surface area contributed by atoms with Crippen molar-refractivity contribution in [1.29, 1.82) is 0 Å². The Bertz CT molecular complexity index is 196. The molecule has 0 saturated heterocycles. The Labute approximate surface area is 136 Å². The van der Waals surface area contributed by atoms with Crippen molar-refractivity contribution >= 4 is 26.3 Å². The molecule has 0 aliphatic rings. The second kappa shape index (κ2) is 10.8. The minimum atomic E-state index is -1.24. The molecule has 0 atom stereocenters. The van der Waals surface area contributed by atoms with Crippen molar-refractivity contribution in [3.8, 4) is 0 Å². The van der Waals surface area contributed by atoms with Crippen molar-refractivity contribution in [1.82, 2.24) is 0 Å². The van der Waals surface area contributed by atoms with Crippen molar-refractivity contribution in [2.45, 2.75) is 84.0 Å². The Hall–Kier alpha value is 1.16. The molecule has 0 bridgehead atoms. The third-order valence-corrected chi connectivity index (χ3v) is 7.04. The number of unbranched alkanes of at least 4 members (excludes halogenated alkanes) is 11. The summed E-state index contributed by atoms with van der Waals surface area (Å²) in [5.41, 5.74) is 0. The molecule has 0 rings (SSSR count). The maximum atomic E-state index is 2.73. The third kappa shape index (κ3) is 19.2. The van der Waals surface area contributed by atoms with E-state index in [1.165, 1.54) is 83.2 Å². The van der Waals surface area contributed by atoms with Gasteiger partial charge in [0, 0.05) is 0 Å². The summed E-state index contributed by atoms with van der Waals surface area (Å²) in [6, 6.07) is 0. The van der Waals surface area contributed by atoms with E-state index in [2.05, 4.69) is 49.0 Å². The number of rotatable bonds is 13. The van der Waals surface area contributed by atoms with Crippen LogP contribution in [0.1, 0.15) is 84.0 Å². The summed E-state index contributed by atoms with van der Waals surface area (Å²) in [4.78, 5) is 0. The van der Waals surface area contributed by atoms with Crippen LogP contribution in [0.4, 0.5) is 0 Å². The molecule has 0 amide bonds. The Morgan fingerprint density at radius 2 is 0.895 bits per heavy atom. The van der Waals surface area contributed by atoms with Crippen LogP contribution in [0, 0.1) is 0 Å². The summed E-state index contributed by atoms with van der Waals surface area (Å²) in [7, 11) is 0. The van der Waals surface area contributed by atoms with E-state index in [0.717, 1.165) is 0 Å². The van der Waals surface area contributed by atoms with Crippen molar-refractivity contribution in [3.05, 3.63) is 0 Å². The molecule has 0 aliphatic carbocycles. The van der Waals surface area contributed by atoms with Gasteiger partial charge in [-0.05, 0) is 0 Å². The molecule has 0 radical (unpaired) electrons. The first-order valence-electron chi connectivity index (χ1n) is 8.53. The Morgan fingerprint density at radius 1 is 0.579 bits per heavy atom. The number of hydrogen-bond acceptors (Lipinski definition) is 0. The van der Waals surface area contributed by atoms with Gasteiger partial charge in [-0.3, -0.25) is 0 Å². The molecule has 0 saturated carbocycles. The van der Waals surface area contributed by atoms with Gasteiger partial charge in [0.1, 0.15) is 0 Å². The normalized spacial score (nSPS) is 14.3. The van der Waals surface area contributed by atoms with Gasteiger partial charge in [0.2, 0.25) is 0 Å². The zero-order valence-electron chi connectivity index (χ0n) is 14.0. The van der Waals surface area contributed by atoms with Crippen LogP contribution in [0.2, 0.25) is 0 Å². The van der Waals surface area contributed by atoms with E-state index in [-0.39, 0.29) is 0 Å². The summed E-state index contributed by atoms with van der Waals surface area (Å²) in [5, 5.41) is 0. The van der Waals surface area contributed by atoms with E-state index in [0.29, 0.717) is 0 Å². The predicted octanol–water partition coefficient (Wildman–Crippen LogP) is 7.48. The van der Waals surface area contributed by atoms with Crippen LogP contribution in [-0.4, -0.2) is 26.2 Å². The van der Waals surface area contributed by atoms with Gasteiger partial charge in [-0.15, -0.1) is 0 Å². The van der Waals surface area contributed by atoms with E-state index in [9.17, 15) is 0 Å². The minimum absolute atomic E-state index is 1.24. The van der Waals surface area contributed by atoms with Gasteiger partial charge in [0.15, 0.2) is 0 Å². The molecule has 19 heavy (non-hydrogen) atoms. The Balaban J connectivity index is 3.12. The number of halogens is 1. The second-order valence-electron chi connectivity index (χ2n) is 7.53. The van der Waals surface area contributed by atoms with Crippen LogP contribution in [0.5, 0.6) is 0 Å². The first-order chi connectivity index (χ1) is 8.81. The molecule has 0 N–H and O–H groups in total. The van der Waals surface area contributed by atoms with E-state index in [1.807, 2.05) is 0 Å². The van der Waals surface area contributed by atoms with E-state index < -0.39 is 4.25 Å². The fourth-order valence-corrected chi connectivity index (χ4v) is 4.80. The van der Waals surface area contributed by atoms with E-state index in [1.54, 1.807) is 0 Å². The fourth-order valence-electron chi connectivity index (χ4n) is 2.49. The van der Waals surface area contributed by atoms with Crippen LogP contribution in [0.25, 0.3) is 0 Å². The molecule has 0 aromatic heterocycles. The molecule has 0 heterocycles. The van der Waals surface area contributed by atoms with Crippen LogP contribution in [0.3, 0.4) is 0 Å². The van der Waals surface area contributed by atoms with Gasteiger partial charge < -0.3 is 0 Å². The first kappa shape index (κ1) is 20.2. The average Bonchev–Trinajstić information content (AvgIpc) is 2.28. The SMILES string of the molecule is CCCCCCCCCCCCCCP(C)(C)(C)I. The fraction of sp³-hybridized carbons (Fsp3) is 1.00. The van der Waals surface area contributed by atoms with Gasteiger partial charge in [0.25, 0.3) is 0 Å². The summed E-state index contributed by atoms with van der Waals surface area (Å²) in [6.07, 6.45) is 19.0. The Kier molecular flexibility index (Phi) is 11.5. The monoisotopic (exact) mass is 400 g/mol. The molecule has 0 unspecified atom stereocenters. The summed E-state index contributed by atoms with van der Waals surface area (Å²) >= 11 is 2.73. The van der Waals surface area contributed by atoms with Crippen LogP contribution >= 0.6 is 26.3 Å². The molecule has 2 heteroatoms. The third-order valence-electron chi connectivity index (χ3n) is 3.77. The molecular weight excluding hydrogens is 362 g/mol. The van der Waals surface area contributed by atoms with Crippen LogP contribution in [-0.2, 0) is 0 Å². The molecule has 0 spiro atoms. The van der Waals surface area contributed by atoms with Gasteiger partial charge in [-0.25, -0.2) is 0 Å². The molecule has 0 nitrogen and oxygen atoms in total. The van der Waals surface area contributed by atoms with Gasteiger partial charge in [-0.2, -0.15) is 0 Å². The van der Waals surface area contributed by atoms with Gasteiger partial charge in [0.05, 0.1) is 0 Å². The standard InChI is InChI=1S/C17H38IP/c1-5-6-7-8-9-10-11-12-13-14-15-16-17-19(2,3,4)18/h5-17H2,1-4H3. The van der Waals surface area contributed by atoms with Crippen molar-refractivity contribution in [2.75, 3.05) is 26.2 Å². The quantitative estimate of drug-likeness (QED) is 0.171. The predicted molar refractivity (Wildman–Crippen MR) is 105 cm³/mol. The van der Waals surface area contributed by atoms with Crippen LogP contribution in [0.15, 0.2) is 0 Å². The molecule has 118 valence electrons. The van der Waals surface area contributed by atoms with E-state index in [4.69, 9.17) is 0 Å². The van der Waals surface area contributed by atoms with E-state index >= 15 is 0 Å². The Morgan fingerprint density at radius 3 is 1.21 bits per heavy atom. The average molecular weight is 400 g/mol. The van der Waals surface area contributed by atoms with Crippen molar-refractivity contribution in [3.63, 3.8) is 0 Å².